The Morgan fingerprint density at radius 1 is 0.788 bits per heavy atom. The summed E-state index contributed by atoms with van der Waals surface area (Å²) in [6.45, 7) is 0. The van der Waals surface area contributed by atoms with Crippen molar-refractivity contribution >= 4 is 54.7 Å². The second-order valence-corrected chi connectivity index (χ2v) is 9.43. The zero-order valence-electron chi connectivity index (χ0n) is 17.4. The van der Waals surface area contributed by atoms with Gasteiger partial charge >= 0.3 is 0 Å². The van der Waals surface area contributed by atoms with E-state index in [2.05, 4.69) is 69.8 Å². The molecule has 0 N–H and O–H groups in total. The van der Waals surface area contributed by atoms with E-state index in [9.17, 15) is 0 Å². The van der Waals surface area contributed by atoms with E-state index in [1.807, 2.05) is 48.5 Å². The first kappa shape index (κ1) is 20.1. The Kier molecular flexibility index (Phi) is 5.13. The van der Waals surface area contributed by atoms with Crippen LogP contribution in [-0.2, 0) is 0 Å². The molecule has 0 aliphatic heterocycles. The van der Waals surface area contributed by atoms with Crippen molar-refractivity contribution in [1.82, 2.24) is 4.98 Å². The Hall–Kier alpha value is -3.54. The van der Waals surface area contributed by atoms with Gasteiger partial charge in [0.15, 0.2) is 0 Å². The SMILES string of the molecule is Brc1ccc(-c2csc(-c3cc4c(ccc5ccccc54)oc3=Nc3ccccc3)n2)cc1. The molecule has 0 saturated carbocycles. The van der Waals surface area contributed by atoms with Gasteiger partial charge in [-0.2, -0.15) is 0 Å². The number of benzene rings is 4. The summed E-state index contributed by atoms with van der Waals surface area (Å²) in [6.07, 6.45) is 0. The van der Waals surface area contributed by atoms with Crippen LogP contribution in [0.25, 0.3) is 43.6 Å². The highest BCUT2D eigenvalue weighted by atomic mass is 79.9. The van der Waals surface area contributed by atoms with E-state index in [4.69, 9.17) is 14.4 Å². The van der Waals surface area contributed by atoms with Crippen LogP contribution in [0.15, 0.2) is 116 Å². The van der Waals surface area contributed by atoms with Gasteiger partial charge in [0.25, 0.3) is 0 Å². The van der Waals surface area contributed by atoms with Gasteiger partial charge in [-0.25, -0.2) is 9.98 Å². The highest BCUT2D eigenvalue weighted by Crippen LogP contribution is 2.32. The lowest BCUT2D eigenvalue weighted by Crippen LogP contribution is -2.05. The lowest BCUT2D eigenvalue weighted by molar-refractivity contribution is 0.548. The fourth-order valence-corrected chi connectivity index (χ4v) is 4.99. The minimum Gasteiger partial charge on any atom is -0.438 e. The molecule has 0 fully saturated rings. The molecule has 0 atom stereocenters. The van der Waals surface area contributed by atoms with Crippen molar-refractivity contribution in [3.8, 4) is 21.8 Å². The maximum Gasteiger partial charge on any atom is 0.230 e. The Bertz CT molecular complexity index is 1670. The summed E-state index contributed by atoms with van der Waals surface area (Å²) in [4.78, 5) is 9.79. The quantitative estimate of drug-likeness (QED) is 0.225. The molecule has 0 radical (unpaired) electrons. The van der Waals surface area contributed by atoms with Gasteiger partial charge in [-0.1, -0.05) is 76.6 Å². The van der Waals surface area contributed by atoms with Crippen molar-refractivity contribution in [2.24, 2.45) is 4.99 Å². The maximum absolute atomic E-state index is 6.38. The molecule has 6 rings (SSSR count). The number of halogens is 1. The van der Waals surface area contributed by atoms with Crippen LogP contribution in [0, 0.1) is 0 Å². The van der Waals surface area contributed by atoms with Crippen LogP contribution in [0.3, 0.4) is 0 Å². The van der Waals surface area contributed by atoms with Crippen molar-refractivity contribution in [2.45, 2.75) is 0 Å². The molecule has 0 spiro atoms. The van der Waals surface area contributed by atoms with E-state index in [0.717, 1.165) is 48.3 Å². The predicted octanol–water partition coefficient (Wildman–Crippen LogP) is 8.37. The molecule has 33 heavy (non-hydrogen) atoms. The van der Waals surface area contributed by atoms with Crippen molar-refractivity contribution in [3.05, 3.63) is 112 Å². The van der Waals surface area contributed by atoms with Crippen molar-refractivity contribution in [1.29, 1.82) is 0 Å². The number of thiazole rings is 1. The van der Waals surface area contributed by atoms with E-state index in [-0.39, 0.29) is 0 Å². The first-order valence-electron chi connectivity index (χ1n) is 10.5. The molecule has 0 amide bonds. The number of aromatic nitrogens is 1. The molecule has 0 bridgehead atoms. The fraction of sp³-hybridized carbons (Fsp3) is 0. The average Bonchev–Trinajstić information content (AvgIpc) is 3.35. The van der Waals surface area contributed by atoms with Gasteiger partial charge < -0.3 is 4.42 Å². The normalized spacial score (nSPS) is 12.0. The molecule has 0 aliphatic carbocycles. The summed E-state index contributed by atoms with van der Waals surface area (Å²) in [5.41, 5.74) is 5.09. The van der Waals surface area contributed by atoms with Crippen LogP contribution in [0.5, 0.6) is 0 Å². The molecule has 0 unspecified atom stereocenters. The average molecular weight is 509 g/mol. The monoisotopic (exact) mass is 508 g/mol. The van der Waals surface area contributed by atoms with E-state index >= 15 is 0 Å². The Balaban J connectivity index is 1.60. The molecular formula is C28H17BrN2OS. The number of fused-ring (bicyclic) bond motifs is 3. The van der Waals surface area contributed by atoms with Gasteiger partial charge in [0.2, 0.25) is 5.55 Å². The standard InChI is InChI=1S/C28H17BrN2OS/c29-20-13-10-19(11-14-20)25-17-33-28(31-25)24-16-23-22-9-5-4-6-18(22)12-15-26(23)32-27(24)30-21-7-2-1-3-8-21/h1-17H. The largest absolute Gasteiger partial charge is 0.438 e. The second-order valence-electron chi connectivity index (χ2n) is 7.66. The highest BCUT2D eigenvalue weighted by Gasteiger charge is 2.14. The van der Waals surface area contributed by atoms with Crippen LogP contribution in [-0.4, -0.2) is 4.98 Å². The van der Waals surface area contributed by atoms with E-state index < -0.39 is 0 Å². The van der Waals surface area contributed by atoms with Crippen molar-refractivity contribution in [2.75, 3.05) is 0 Å². The Labute approximate surface area is 202 Å². The third-order valence-corrected chi connectivity index (χ3v) is 6.92. The van der Waals surface area contributed by atoms with Gasteiger partial charge in [-0.15, -0.1) is 11.3 Å². The molecule has 158 valence electrons. The first-order valence-corrected chi connectivity index (χ1v) is 12.2. The lowest BCUT2D eigenvalue weighted by Gasteiger charge is -2.06. The van der Waals surface area contributed by atoms with Crippen LogP contribution >= 0.6 is 27.3 Å². The molecule has 6 aromatic rings. The van der Waals surface area contributed by atoms with Gasteiger partial charge in [-0.05, 0) is 47.2 Å². The second kappa shape index (κ2) is 8.43. The molecule has 5 heteroatoms. The predicted molar refractivity (Wildman–Crippen MR) is 140 cm³/mol. The number of para-hydroxylation sites is 1. The number of hydrogen-bond donors (Lipinski definition) is 0. The number of nitrogens with zero attached hydrogens (tertiary/aromatic N) is 2. The van der Waals surface area contributed by atoms with Gasteiger partial charge in [0.1, 0.15) is 10.6 Å². The van der Waals surface area contributed by atoms with Crippen LogP contribution in [0.4, 0.5) is 5.69 Å². The van der Waals surface area contributed by atoms with Crippen molar-refractivity contribution < 1.29 is 4.42 Å². The van der Waals surface area contributed by atoms with Crippen LogP contribution in [0.2, 0.25) is 0 Å². The molecular weight excluding hydrogens is 492 g/mol. The maximum atomic E-state index is 6.38. The fourth-order valence-electron chi connectivity index (χ4n) is 3.89. The Morgan fingerprint density at radius 2 is 1.58 bits per heavy atom. The zero-order chi connectivity index (χ0) is 22.2. The third kappa shape index (κ3) is 3.90. The number of rotatable bonds is 3. The molecule has 2 heterocycles. The summed E-state index contributed by atoms with van der Waals surface area (Å²) in [5.74, 6) is 0. The summed E-state index contributed by atoms with van der Waals surface area (Å²) in [6, 6.07) is 32.7. The molecule has 2 aromatic heterocycles. The van der Waals surface area contributed by atoms with Gasteiger partial charge in [-0.3, -0.25) is 0 Å². The zero-order valence-corrected chi connectivity index (χ0v) is 19.8. The third-order valence-electron chi connectivity index (χ3n) is 5.52. The molecule has 4 aromatic carbocycles. The minimum atomic E-state index is 0.556. The lowest BCUT2D eigenvalue weighted by atomic mass is 10.0. The first-order chi connectivity index (χ1) is 16.2. The molecule has 3 nitrogen and oxygen atoms in total. The van der Waals surface area contributed by atoms with E-state index in [1.165, 1.54) is 5.39 Å². The summed E-state index contributed by atoms with van der Waals surface area (Å²) in [5, 5.41) is 6.33. The van der Waals surface area contributed by atoms with Crippen molar-refractivity contribution in [3.63, 3.8) is 0 Å². The topological polar surface area (TPSA) is 38.4 Å². The number of hydrogen-bond acceptors (Lipinski definition) is 4. The van der Waals surface area contributed by atoms with E-state index in [1.54, 1.807) is 11.3 Å². The van der Waals surface area contributed by atoms with Gasteiger partial charge in [0, 0.05) is 20.8 Å². The smallest absolute Gasteiger partial charge is 0.230 e. The van der Waals surface area contributed by atoms with Gasteiger partial charge in [0.05, 0.1) is 16.9 Å². The summed E-state index contributed by atoms with van der Waals surface area (Å²) >= 11 is 5.10. The summed E-state index contributed by atoms with van der Waals surface area (Å²) < 4.78 is 7.43. The highest BCUT2D eigenvalue weighted by molar-refractivity contribution is 9.10. The molecule has 0 saturated heterocycles. The Morgan fingerprint density at radius 3 is 2.42 bits per heavy atom. The summed E-state index contributed by atoms with van der Waals surface area (Å²) in [7, 11) is 0. The van der Waals surface area contributed by atoms with E-state index in [0.29, 0.717) is 5.55 Å². The minimum absolute atomic E-state index is 0.556. The van der Waals surface area contributed by atoms with Crippen LogP contribution < -0.4 is 5.55 Å². The molecule has 0 aliphatic rings. The van der Waals surface area contributed by atoms with Crippen LogP contribution in [0.1, 0.15) is 0 Å².